The van der Waals surface area contributed by atoms with E-state index in [-0.39, 0.29) is 17.4 Å². The molecule has 0 aliphatic heterocycles. The summed E-state index contributed by atoms with van der Waals surface area (Å²) in [7, 11) is 0. The van der Waals surface area contributed by atoms with Gasteiger partial charge in [0.2, 0.25) is 5.91 Å². The summed E-state index contributed by atoms with van der Waals surface area (Å²) >= 11 is 3.95. The highest BCUT2D eigenvalue weighted by Crippen LogP contribution is 2.32. The minimum absolute atomic E-state index is 0.0445. The van der Waals surface area contributed by atoms with Crippen molar-refractivity contribution in [1.82, 2.24) is 25.1 Å². The first-order valence-corrected chi connectivity index (χ1v) is 11.0. The first-order chi connectivity index (χ1) is 13.1. The number of halogens is 2. The Morgan fingerprint density at radius 2 is 2.00 bits per heavy atom. The van der Waals surface area contributed by atoms with Crippen LogP contribution in [-0.4, -0.2) is 38.0 Å². The first-order valence-electron chi connectivity index (χ1n) is 8.18. The summed E-state index contributed by atoms with van der Waals surface area (Å²) in [6.45, 7) is -0.0127. The van der Waals surface area contributed by atoms with Crippen LogP contribution in [-0.2, 0) is 10.5 Å². The van der Waals surface area contributed by atoms with Gasteiger partial charge >= 0.3 is 6.55 Å². The third kappa shape index (κ3) is 5.17. The summed E-state index contributed by atoms with van der Waals surface area (Å²) in [5, 5.41) is 10.9. The smallest absolute Gasteiger partial charge is 0.320 e. The second-order valence-corrected chi connectivity index (χ2v) is 8.85. The molecule has 1 amide bonds. The zero-order chi connectivity index (χ0) is 19.2. The highest BCUT2D eigenvalue weighted by molar-refractivity contribution is 8.03. The highest BCUT2D eigenvalue weighted by Gasteiger charge is 2.18. The number of nitrogens with zero attached hydrogens (tertiary/aromatic N) is 4. The summed E-state index contributed by atoms with van der Waals surface area (Å²) in [5.41, 5.74) is 0.953. The topological polar surface area (TPSA) is 72.7 Å². The van der Waals surface area contributed by atoms with Crippen LogP contribution in [0.15, 0.2) is 32.9 Å². The molecule has 0 aliphatic carbocycles. The quantitative estimate of drug-likeness (QED) is 0.514. The number of thioether (sulfide) groups is 2. The number of fused-ring (bicyclic) bond motifs is 1. The van der Waals surface area contributed by atoms with E-state index in [0.717, 1.165) is 11.0 Å². The van der Waals surface area contributed by atoms with E-state index in [1.807, 2.05) is 6.92 Å². The fourth-order valence-electron chi connectivity index (χ4n) is 2.30. The Morgan fingerprint density at radius 3 is 2.74 bits per heavy atom. The predicted molar refractivity (Wildman–Crippen MR) is 104 cm³/mol. The number of carbonyl (C=O) groups excluding carboxylic acids is 1. The largest absolute Gasteiger partial charge is 0.355 e. The van der Waals surface area contributed by atoms with Crippen molar-refractivity contribution in [2.45, 2.75) is 34.3 Å². The number of hydrogen-bond donors (Lipinski definition) is 1. The number of benzene rings is 1. The molecule has 3 aromatic rings. The molecule has 11 heteroatoms. The average molecular weight is 430 g/mol. The summed E-state index contributed by atoms with van der Waals surface area (Å²) < 4.78 is 29.1. The Labute approximate surface area is 167 Å². The fourth-order valence-corrected chi connectivity index (χ4v) is 5.08. The van der Waals surface area contributed by atoms with Gasteiger partial charge in [0.1, 0.15) is 5.82 Å². The summed E-state index contributed by atoms with van der Waals surface area (Å²) in [6, 6.07) is 6.83. The van der Waals surface area contributed by atoms with Crippen molar-refractivity contribution in [1.29, 1.82) is 0 Å². The van der Waals surface area contributed by atoms with Crippen LogP contribution in [0.3, 0.4) is 0 Å². The zero-order valence-electron chi connectivity index (χ0n) is 14.4. The molecule has 144 valence electrons. The molecule has 0 spiro atoms. The number of amides is 1. The van der Waals surface area contributed by atoms with Crippen molar-refractivity contribution in [3.05, 3.63) is 30.1 Å². The third-order valence-corrected chi connectivity index (χ3v) is 6.66. The second-order valence-electron chi connectivity index (χ2n) is 5.43. The van der Waals surface area contributed by atoms with Crippen LogP contribution in [0.1, 0.15) is 25.7 Å². The molecule has 0 aliphatic rings. The lowest BCUT2D eigenvalue weighted by Crippen LogP contribution is -2.25. The SMILES string of the molecule is CCCNC(=O)CSc1nnc(SCc2nc3ccccc3n2C(F)F)s1. The van der Waals surface area contributed by atoms with Gasteiger partial charge in [-0.15, -0.1) is 10.2 Å². The number of hydrogen-bond acceptors (Lipinski definition) is 7. The van der Waals surface area contributed by atoms with Crippen molar-refractivity contribution in [3.8, 4) is 0 Å². The molecule has 0 saturated heterocycles. The van der Waals surface area contributed by atoms with Crippen molar-refractivity contribution < 1.29 is 13.6 Å². The van der Waals surface area contributed by atoms with Crippen LogP contribution in [0, 0.1) is 0 Å². The van der Waals surface area contributed by atoms with Crippen molar-refractivity contribution >= 4 is 51.8 Å². The van der Waals surface area contributed by atoms with E-state index in [0.29, 0.717) is 32.1 Å². The van der Waals surface area contributed by atoms with Gasteiger partial charge in [-0.2, -0.15) is 8.78 Å². The molecule has 0 unspecified atom stereocenters. The Morgan fingerprint density at radius 1 is 1.26 bits per heavy atom. The highest BCUT2D eigenvalue weighted by atomic mass is 32.2. The molecule has 2 aromatic heterocycles. The Hall–Kier alpha value is -1.72. The van der Waals surface area contributed by atoms with Gasteiger partial charge in [0.25, 0.3) is 0 Å². The monoisotopic (exact) mass is 429 g/mol. The average Bonchev–Trinajstić information content (AvgIpc) is 3.26. The molecule has 2 heterocycles. The van der Waals surface area contributed by atoms with Gasteiger partial charge in [-0.1, -0.05) is 53.9 Å². The number of imidazole rings is 1. The van der Waals surface area contributed by atoms with Gasteiger partial charge in [-0.05, 0) is 18.6 Å². The number of aromatic nitrogens is 4. The van der Waals surface area contributed by atoms with E-state index in [1.54, 1.807) is 24.3 Å². The Bertz CT molecular complexity index is 914. The zero-order valence-corrected chi connectivity index (χ0v) is 16.8. The molecule has 6 nitrogen and oxygen atoms in total. The van der Waals surface area contributed by atoms with E-state index < -0.39 is 6.55 Å². The van der Waals surface area contributed by atoms with Crippen LogP contribution in [0.2, 0.25) is 0 Å². The summed E-state index contributed by atoms with van der Waals surface area (Å²) in [5.74, 6) is 0.784. The van der Waals surface area contributed by atoms with Gasteiger partial charge in [0.15, 0.2) is 8.68 Å². The van der Waals surface area contributed by atoms with Gasteiger partial charge in [-0.25, -0.2) is 4.98 Å². The normalized spacial score (nSPS) is 11.4. The second kappa shape index (κ2) is 9.47. The van der Waals surface area contributed by atoms with Crippen molar-refractivity contribution in [2.24, 2.45) is 0 Å². The predicted octanol–water partition coefficient (Wildman–Crippen LogP) is 4.19. The van der Waals surface area contributed by atoms with Crippen LogP contribution in [0.5, 0.6) is 0 Å². The summed E-state index contributed by atoms with van der Waals surface area (Å²) in [6.07, 6.45) is 0.888. The maximum absolute atomic E-state index is 13.4. The number of nitrogens with one attached hydrogen (secondary N) is 1. The van der Waals surface area contributed by atoms with Crippen LogP contribution in [0.4, 0.5) is 8.78 Å². The van der Waals surface area contributed by atoms with E-state index in [4.69, 9.17) is 0 Å². The maximum Gasteiger partial charge on any atom is 0.320 e. The Kier molecular flexibility index (Phi) is 7.02. The van der Waals surface area contributed by atoms with Crippen LogP contribution in [0.25, 0.3) is 11.0 Å². The Balaban J connectivity index is 1.61. The first kappa shape index (κ1) is 20.0. The third-order valence-electron chi connectivity index (χ3n) is 3.48. The minimum Gasteiger partial charge on any atom is -0.355 e. The maximum atomic E-state index is 13.4. The lowest BCUT2D eigenvalue weighted by atomic mass is 10.3. The molecule has 1 N–H and O–H groups in total. The number of alkyl halides is 2. The number of para-hydroxylation sites is 2. The van der Waals surface area contributed by atoms with Gasteiger partial charge in [0.05, 0.1) is 22.5 Å². The lowest BCUT2D eigenvalue weighted by molar-refractivity contribution is -0.118. The molecule has 0 fully saturated rings. The van der Waals surface area contributed by atoms with Crippen LogP contribution < -0.4 is 5.32 Å². The molecule has 0 bridgehead atoms. The molecule has 3 rings (SSSR count). The molecular formula is C16H17F2N5OS3. The number of carbonyl (C=O) groups is 1. The van der Waals surface area contributed by atoms with E-state index in [9.17, 15) is 13.6 Å². The molecule has 1 aromatic carbocycles. The van der Waals surface area contributed by atoms with Crippen molar-refractivity contribution in [2.75, 3.05) is 12.3 Å². The van der Waals surface area contributed by atoms with Crippen molar-refractivity contribution in [3.63, 3.8) is 0 Å². The molecule has 0 atom stereocenters. The number of rotatable bonds is 9. The lowest BCUT2D eigenvalue weighted by Gasteiger charge is -2.06. The van der Waals surface area contributed by atoms with Gasteiger partial charge in [-0.3, -0.25) is 9.36 Å². The molecule has 0 saturated carbocycles. The molecular weight excluding hydrogens is 412 g/mol. The van der Waals surface area contributed by atoms with Gasteiger partial charge < -0.3 is 5.32 Å². The van der Waals surface area contributed by atoms with E-state index >= 15 is 0 Å². The summed E-state index contributed by atoms with van der Waals surface area (Å²) in [4.78, 5) is 15.9. The van der Waals surface area contributed by atoms with E-state index in [1.165, 1.54) is 34.9 Å². The van der Waals surface area contributed by atoms with E-state index in [2.05, 4.69) is 20.5 Å². The molecule has 27 heavy (non-hydrogen) atoms. The molecule has 0 radical (unpaired) electrons. The van der Waals surface area contributed by atoms with Crippen LogP contribution >= 0.6 is 34.9 Å². The fraction of sp³-hybridized carbons (Fsp3) is 0.375. The minimum atomic E-state index is -2.66. The van der Waals surface area contributed by atoms with Gasteiger partial charge in [0, 0.05) is 6.54 Å². The standard InChI is InChI=1S/C16H17F2N5OS3/c1-2-7-19-13(24)9-26-16-22-21-15(27-16)25-8-12-20-10-5-3-4-6-11(10)23(12)14(17)18/h3-6,14H,2,7-9H2,1H3,(H,19,24).